The molecule has 2 heterocycles. The van der Waals surface area contributed by atoms with Crippen molar-refractivity contribution < 1.29 is 23.4 Å². The van der Waals surface area contributed by atoms with Crippen LogP contribution in [0.15, 0.2) is 30.6 Å². The van der Waals surface area contributed by atoms with E-state index in [0.29, 0.717) is 30.6 Å². The summed E-state index contributed by atoms with van der Waals surface area (Å²) in [7, 11) is 0. The van der Waals surface area contributed by atoms with E-state index in [1.807, 2.05) is 0 Å². The molecule has 0 spiro atoms. The highest BCUT2D eigenvalue weighted by atomic mass is 19.1. The number of carbonyl (C=O) groups is 1. The van der Waals surface area contributed by atoms with Crippen LogP contribution in [0.25, 0.3) is 0 Å². The van der Waals surface area contributed by atoms with Crippen LogP contribution in [0.2, 0.25) is 0 Å². The van der Waals surface area contributed by atoms with Crippen LogP contribution >= 0.6 is 0 Å². The molecule has 1 aromatic heterocycles. The first-order valence-electron chi connectivity index (χ1n) is 7.30. The molecule has 2 aromatic rings. The predicted octanol–water partition coefficient (Wildman–Crippen LogP) is 2.34. The first-order valence-corrected chi connectivity index (χ1v) is 7.30. The molecule has 1 unspecified atom stereocenters. The van der Waals surface area contributed by atoms with Crippen molar-refractivity contribution in [2.24, 2.45) is 0 Å². The van der Waals surface area contributed by atoms with Crippen molar-refractivity contribution >= 4 is 5.97 Å². The standard InChI is InChI=1S/C16H16F2N2O3/c17-13-3-2-12(14(18)7-13)6-11-8-19-20(9-11)16(15(21)22)4-1-5-23-10-16/h2-3,7-9H,1,4-6,10H2,(H,21,22). The molecule has 1 atom stereocenters. The van der Waals surface area contributed by atoms with Gasteiger partial charge < -0.3 is 9.84 Å². The van der Waals surface area contributed by atoms with Crippen LogP contribution in [0.1, 0.15) is 24.0 Å². The van der Waals surface area contributed by atoms with Gasteiger partial charge in [-0.1, -0.05) is 6.07 Å². The Morgan fingerprint density at radius 3 is 2.91 bits per heavy atom. The smallest absolute Gasteiger partial charge is 0.334 e. The zero-order chi connectivity index (χ0) is 16.4. The maximum Gasteiger partial charge on any atom is 0.334 e. The number of carboxylic acid groups (broad SMARTS) is 1. The van der Waals surface area contributed by atoms with Crippen LogP contribution < -0.4 is 0 Å². The molecule has 1 fully saturated rings. The number of hydrogen-bond acceptors (Lipinski definition) is 3. The number of carboxylic acids is 1. The number of aliphatic carboxylic acids is 1. The molecule has 5 nitrogen and oxygen atoms in total. The van der Waals surface area contributed by atoms with Gasteiger partial charge in [0.1, 0.15) is 11.6 Å². The first-order chi connectivity index (χ1) is 11.0. The molecule has 23 heavy (non-hydrogen) atoms. The van der Waals surface area contributed by atoms with Crippen molar-refractivity contribution in [3.63, 3.8) is 0 Å². The molecule has 0 amide bonds. The molecule has 122 valence electrons. The highest BCUT2D eigenvalue weighted by molar-refractivity contribution is 5.77. The lowest BCUT2D eigenvalue weighted by atomic mass is 9.93. The highest BCUT2D eigenvalue weighted by Gasteiger charge is 2.43. The minimum atomic E-state index is -1.22. The monoisotopic (exact) mass is 322 g/mol. The normalized spacial score (nSPS) is 21.3. The molecule has 7 heteroatoms. The zero-order valence-corrected chi connectivity index (χ0v) is 12.3. The molecule has 0 radical (unpaired) electrons. The molecule has 0 aliphatic carbocycles. The lowest BCUT2D eigenvalue weighted by Gasteiger charge is -2.33. The zero-order valence-electron chi connectivity index (χ0n) is 12.3. The number of rotatable bonds is 4. The van der Waals surface area contributed by atoms with Gasteiger partial charge in [0.05, 0.1) is 12.8 Å². The fourth-order valence-corrected chi connectivity index (χ4v) is 2.80. The largest absolute Gasteiger partial charge is 0.479 e. The minimum absolute atomic E-state index is 0.0500. The van der Waals surface area contributed by atoms with E-state index in [1.165, 1.54) is 23.0 Å². The van der Waals surface area contributed by atoms with E-state index in [4.69, 9.17) is 4.74 Å². The molecular weight excluding hydrogens is 306 g/mol. The molecule has 1 aromatic carbocycles. The summed E-state index contributed by atoms with van der Waals surface area (Å²) in [6, 6.07) is 3.39. The lowest BCUT2D eigenvalue weighted by Crippen LogP contribution is -2.48. The lowest BCUT2D eigenvalue weighted by molar-refractivity contribution is -0.156. The number of halogens is 2. The SMILES string of the molecule is O=C(O)C1(n2cc(Cc3ccc(F)cc3F)cn2)CCCOC1. The Balaban J connectivity index is 1.86. The summed E-state index contributed by atoms with van der Waals surface area (Å²) in [4.78, 5) is 11.7. The molecule has 1 saturated heterocycles. The van der Waals surface area contributed by atoms with Gasteiger partial charge in [-0.25, -0.2) is 13.6 Å². The van der Waals surface area contributed by atoms with Crippen LogP contribution in [0.3, 0.4) is 0 Å². The van der Waals surface area contributed by atoms with Crippen LogP contribution in [0, 0.1) is 11.6 Å². The van der Waals surface area contributed by atoms with Gasteiger partial charge in [-0.05, 0) is 30.0 Å². The third-order valence-corrected chi connectivity index (χ3v) is 4.10. The highest BCUT2D eigenvalue weighted by Crippen LogP contribution is 2.28. The Morgan fingerprint density at radius 1 is 1.43 bits per heavy atom. The second-order valence-corrected chi connectivity index (χ2v) is 5.70. The Morgan fingerprint density at radius 2 is 2.26 bits per heavy atom. The molecule has 3 rings (SSSR count). The molecule has 0 bridgehead atoms. The van der Waals surface area contributed by atoms with E-state index in [0.717, 1.165) is 6.07 Å². The number of aromatic nitrogens is 2. The van der Waals surface area contributed by atoms with Gasteiger partial charge in [0, 0.05) is 25.3 Å². The van der Waals surface area contributed by atoms with Gasteiger partial charge in [0.15, 0.2) is 5.54 Å². The summed E-state index contributed by atoms with van der Waals surface area (Å²) in [6.07, 6.45) is 4.36. The van der Waals surface area contributed by atoms with Crippen molar-refractivity contribution in [1.82, 2.24) is 9.78 Å². The van der Waals surface area contributed by atoms with Crippen LogP contribution in [-0.4, -0.2) is 34.1 Å². The fraction of sp³-hybridized carbons (Fsp3) is 0.375. The quantitative estimate of drug-likeness (QED) is 0.938. The van der Waals surface area contributed by atoms with Gasteiger partial charge in [-0.15, -0.1) is 0 Å². The topological polar surface area (TPSA) is 64.3 Å². The van der Waals surface area contributed by atoms with Crippen LogP contribution in [-0.2, 0) is 21.5 Å². The van der Waals surface area contributed by atoms with Crippen molar-refractivity contribution in [3.05, 3.63) is 53.4 Å². The van der Waals surface area contributed by atoms with E-state index < -0.39 is 23.1 Å². The predicted molar refractivity (Wildman–Crippen MR) is 77.1 cm³/mol. The Bertz CT molecular complexity index is 724. The van der Waals surface area contributed by atoms with Gasteiger partial charge >= 0.3 is 5.97 Å². The number of ether oxygens (including phenoxy) is 1. The Labute approximate surface area is 131 Å². The minimum Gasteiger partial charge on any atom is -0.479 e. The summed E-state index contributed by atoms with van der Waals surface area (Å²) >= 11 is 0. The fourth-order valence-electron chi connectivity index (χ4n) is 2.80. The maximum atomic E-state index is 13.7. The molecule has 1 aliphatic heterocycles. The number of nitrogens with zero attached hydrogens (tertiary/aromatic N) is 2. The van der Waals surface area contributed by atoms with Gasteiger partial charge in [0.25, 0.3) is 0 Å². The van der Waals surface area contributed by atoms with Gasteiger partial charge in [-0.3, -0.25) is 4.68 Å². The Kier molecular flexibility index (Phi) is 4.12. The molecule has 0 saturated carbocycles. The number of hydrogen-bond donors (Lipinski definition) is 1. The van der Waals surface area contributed by atoms with E-state index in [9.17, 15) is 18.7 Å². The van der Waals surface area contributed by atoms with Crippen molar-refractivity contribution in [2.45, 2.75) is 24.8 Å². The Hall–Kier alpha value is -2.28. The van der Waals surface area contributed by atoms with Gasteiger partial charge in [-0.2, -0.15) is 5.10 Å². The maximum absolute atomic E-state index is 13.7. The van der Waals surface area contributed by atoms with Crippen molar-refractivity contribution in [2.75, 3.05) is 13.2 Å². The van der Waals surface area contributed by atoms with Crippen LogP contribution in [0.4, 0.5) is 8.78 Å². The number of benzene rings is 1. The average molecular weight is 322 g/mol. The van der Waals surface area contributed by atoms with E-state index in [1.54, 1.807) is 6.20 Å². The summed E-state index contributed by atoms with van der Waals surface area (Å²) in [6.45, 7) is 0.582. The third-order valence-electron chi connectivity index (χ3n) is 4.10. The first kappa shape index (κ1) is 15.6. The molecular formula is C16H16F2N2O3. The van der Waals surface area contributed by atoms with Crippen molar-refractivity contribution in [3.8, 4) is 0 Å². The van der Waals surface area contributed by atoms with Crippen molar-refractivity contribution in [1.29, 1.82) is 0 Å². The molecule has 1 aliphatic rings. The molecule has 1 N–H and O–H groups in total. The second-order valence-electron chi connectivity index (χ2n) is 5.70. The van der Waals surface area contributed by atoms with E-state index >= 15 is 0 Å². The summed E-state index contributed by atoms with van der Waals surface area (Å²) in [5.74, 6) is -2.27. The van der Waals surface area contributed by atoms with E-state index in [2.05, 4.69) is 5.10 Å². The van der Waals surface area contributed by atoms with E-state index in [-0.39, 0.29) is 13.0 Å². The van der Waals surface area contributed by atoms with Gasteiger partial charge in [0.2, 0.25) is 0 Å². The summed E-state index contributed by atoms with van der Waals surface area (Å²) in [5.41, 5.74) is -0.241. The average Bonchev–Trinajstić information content (AvgIpc) is 3.00. The van der Waals surface area contributed by atoms with Crippen LogP contribution in [0.5, 0.6) is 0 Å². The summed E-state index contributed by atoms with van der Waals surface area (Å²) in [5, 5.41) is 13.7. The second kappa shape index (κ2) is 6.08. The third kappa shape index (κ3) is 2.96. The summed E-state index contributed by atoms with van der Waals surface area (Å²) < 4.78 is 33.4.